The van der Waals surface area contributed by atoms with Gasteiger partial charge < -0.3 is 18.6 Å². The molecule has 6 heterocycles. The fourth-order valence-electron chi connectivity index (χ4n) is 8.53. The first-order valence-electron chi connectivity index (χ1n) is 21.8. The molecule has 0 N–H and O–H groups in total. The Kier molecular flexibility index (Phi) is 12.8. The molecular weight excluding hydrogens is 887 g/mol. The maximum Gasteiger partial charge on any atom is 0.194 e. The van der Waals surface area contributed by atoms with Gasteiger partial charge in [0.1, 0.15) is 23.1 Å². The fourth-order valence-corrected chi connectivity index (χ4v) is 8.53. The molecule has 18 heteroatoms. The van der Waals surface area contributed by atoms with Crippen LogP contribution in [0.3, 0.4) is 0 Å². The lowest BCUT2D eigenvalue weighted by atomic mass is 9.91. The van der Waals surface area contributed by atoms with E-state index in [0.717, 1.165) is 71.0 Å². The van der Waals surface area contributed by atoms with Crippen molar-refractivity contribution < 1.29 is 35.8 Å². The highest BCUT2D eigenvalue weighted by atomic mass is 19.2. The van der Waals surface area contributed by atoms with E-state index in [9.17, 15) is 26.3 Å². The van der Waals surface area contributed by atoms with E-state index < -0.39 is 34.9 Å². The third-order valence-corrected chi connectivity index (χ3v) is 11.8. The molecule has 8 aromatic rings. The molecule has 0 fully saturated rings. The molecule has 2 aliphatic heterocycles. The molecule has 10 rings (SSSR count). The van der Waals surface area contributed by atoms with Gasteiger partial charge in [0.05, 0.1) is 49.6 Å². The van der Waals surface area contributed by atoms with E-state index in [-0.39, 0.29) is 11.8 Å². The second-order valence-electron chi connectivity index (χ2n) is 16.5. The number of fused-ring (bicyclic) bond motifs is 2. The molecule has 12 nitrogen and oxygen atoms in total. The zero-order valence-electron chi connectivity index (χ0n) is 37.3. The highest BCUT2D eigenvalue weighted by Gasteiger charge is 2.29. The van der Waals surface area contributed by atoms with E-state index in [4.69, 9.17) is 9.47 Å². The average Bonchev–Trinajstić information content (AvgIpc) is 4.17. The largest absolute Gasteiger partial charge is 0.495 e. The van der Waals surface area contributed by atoms with Gasteiger partial charge in [-0.3, -0.25) is 0 Å². The van der Waals surface area contributed by atoms with Crippen LogP contribution in [-0.4, -0.2) is 62.9 Å². The Hall–Kier alpha value is -7.76. The van der Waals surface area contributed by atoms with Gasteiger partial charge in [0, 0.05) is 37.3 Å². The molecule has 0 amide bonds. The summed E-state index contributed by atoms with van der Waals surface area (Å²) in [6, 6.07) is 15.8. The summed E-state index contributed by atoms with van der Waals surface area (Å²) in [5.41, 5.74) is 6.06. The van der Waals surface area contributed by atoms with E-state index in [1.165, 1.54) is 0 Å². The summed E-state index contributed by atoms with van der Waals surface area (Å²) in [6.45, 7) is 5.16. The molecule has 0 saturated carbocycles. The highest BCUT2D eigenvalue weighted by Crippen LogP contribution is 2.36. The molecule has 2 atom stereocenters. The smallest absolute Gasteiger partial charge is 0.194 e. The number of nitrogens with zero attached hydrogens (tertiary/aromatic N) is 10. The number of hydrogen-bond donors (Lipinski definition) is 0. The van der Waals surface area contributed by atoms with Crippen molar-refractivity contribution in [1.29, 1.82) is 0 Å². The number of ether oxygens (including phenoxy) is 2. The summed E-state index contributed by atoms with van der Waals surface area (Å²) in [4.78, 5) is 17.7. The number of aromatic nitrogens is 10. The summed E-state index contributed by atoms with van der Waals surface area (Å²) >= 11 is 0. The van der Waals surface area contributed by atoms with Crippen LogP contribution in [0.15, 0.2) is 85.7 Å². The first-order valence-corrected chi connectivity index (χ1v) is 21.8. The van der Waals surface area contributed by atoms with Gasteiger partial charge >= 0.3 is 0 Å². The van der Waals surface area contributed by atoms with Crippen molar-refractivity contribution in [2.24, 2.45) is 0 Å². The first kappa shape index (κ1) is 45.4. The van der Waals surface area contributed by atoms with Crippen molar-refractivity contribution in [3.63, 3.8) is 0 Å². The van der Waals surface area contributed by atoms with Crippen LogP contribution in [0, 0.1) is 48.8 Å². The Morgan fingerprint density at radius 1 is 0.544 bits per heavy atom. The van der Waals surface area contributed by atoms with Crippen molar-refractivity contribution in [3.05, 3.63) is 178 Å². The summed E-state index contributed by atoms with van der Waals surface area (Å²) in [7, 11) is 3.23. The van der Waals surface area contributed by atoms with Crippen LogP contribution in [0.5, 0.6) is 11.5 Å². The zero-order valence-corrected chi connectivity index (χ0v) is 37.3. The lowest BCUT2D eigenvalue weighted by molar-refractivity contribution is 0.412. The minimum absolute atomic E-state index is 0.356. The van der Waals surface area contributed by atoms with Crippen LogP contribution >= 0.6 is 0 Å². The average molecular weight is 931 g/mol. The monoisotopic (exact) mass is 930 g/mol. The van der Waals surface area contributed by atoms with Crippen LogP contribution in [-0.2, 0) is 13.1 Å². The second kappa shape index (κ2) is 19.2. The minimum Gasteiger partial charge on any atom is -0.495 e. The van der Waals surface area contributed by atoms with E-state index in [2.05, 4.69) is 30.1 Å². The molecular formula is C50H44F6N10O2. The van der Waals surface area contributed by atoms with Gasteiger partial charge in [-0.15, -0.1) is 0 Å². The quantitative estimate of drug-likeness (QED) is 0.0984. The Labute approximate surface area is 386 Å². The van der Waals surface area contributed by atoms with Gasteiger partial charge in [0.15, 0.2) is 46.6 Å². The standard InChI is InChI=1S/2C25H22F3N5O/c2*1-15-13-32(14-29-15)21-7-5-16(10-22(21)34-2)6-8-23-30-25-18(4-3-9-33(25)31-23)17-11-19(26)24(28)20(27)12-17/h2*5-8,10-14,18H,3-4,9H2,1-2H3/b2*8-6+/t2*18-/m10/s1. The second-order valence-corrected chi connectivity index (χ2v) is 16.5. The third-order valence-electron chi connectivity index (χ3n) is 11.8. The molecule has 2 aliphatic rings. The normalized spacial score (nSPS) is 15.6. The molecule has 0 bridgehead atoms. The molecule has 0 radical (unpaired) electrons. The van der Waals surface area contributed by atoms with Crippen LogP contribution in [0.4, 0.5) is 26.3 Å². The van der Waals surface area contributed by atoms with Crippen molar-refractivity contribution in [2.45, 2.75) is 64.5 Å². The summed E-state index contributed by atoms with van der Waals surface area (Å²) < 4.78 is 100. The first-order chi connectivity index (χ1) is 32.8. The van der Waals surface area contributed by atoms with Crippen LogP contribution in [0.25, 0.3) is 35.7 Å². The fraction of sp³-hybridized carbons (Fsp3) is 0.240. The summed E-state index contributed by atoms with van der Waals surface area (Å²) in [5.74, 6) is -4.86. The Balaban J connectivity index is 0.000000170. The number of aryl methyl sites for hydroxylation is 4. The highest BCUT2D eigenvalue weighted by molar-refractivity contribution is 5.70. The molecule has 4 aromatic carbocycles. The Morgan fingerprint density at radius 3 is 1.29 bits per heavy atom. The number of methoxy groups -OCH3 is 2. The van der Waals surface area contributed by atoms with Gasteiger partial charge in [0.25, 0.3) is 0 Å². The van der Waals surface area contributed by atoms with Gasteiger partial charge in [-0.05, 0) is 122 Å². The lowest BCUT2D eigenvalue weighted by Gasteiger charge is -2.22. The molecule has 0 unspecified atom stereocenters. The van der Waals surface area contributed by atoms with Gasteiger partial charge in [-0.2, -0.15) is 10.2 Å². The minimum atomic E-state index is -1.46. The van der Waals surface area contributed by atoms with Crippen LogP contribution in [0.1, 0.15) is 94.5 Å². The molecule has 0 saturated heterocycles. The Bertz CT molecular complexity index is 2950. The van der Waals surface area contributed by atoms with Crippen LogP contribution in [0.2, 0.25) is 0 Å². The van der Waals surface area contributed by atoms with E-state index in [1.807, 2.05) is 83.9 Å². The number of halogens is 6. The van der Waals surface area contributed by atoms with E-state index in [0.29, 0.717) is 71.9 Å². The maximum atomic E-state index is 13.8. The van der Waals surface area contributed by atoms with Crippen molar-refractivity contribution in [3.8, 4) is 22.9 Å². The molecule has 0 aliphatic carbocycles. The topological polar surface area (TPSA) is 116 Å². The van der Waals surface area contributed by atoms with E-state index in [1.54, 1.807) is 48.4 Å². The maximum absolute atomic E-state index is 13.8. The molecule has 348 valence electrons. The third kappa shape index (κ3) is 9.43. The number of hydrogen-bond acceptors (Lipinski definition) is 8. The Morgan fingerprint density at radius 2 is 0.941 bits per heavy atom. The summed E-state index contributed by atoms with van der Waals surface area (Å²) in [6.07, 6.45) is 17.5. The van der Waals surface area contributed by atoms with Crippen LogP contribution < -0.4 is 9.47 Å². The number of imidazole rings is 2. The van der Waals surface area contributed by atoms with Crippen molar-refractivity contribution in [2.75, 3.05) is 14.2 Å². The van der Waals surface area contributed by atoms with Crippen molar-refractivity contribution >= 4 is 24.3 Å². The SMILES string of the molecule is COc1cc(/C=C/c2nc3n(n2)CCC[C@@H]3c2cc(F)c(F)c(F)c2)ccc1-n1cnc(C)c1.COc1cc(/C=C/c2nc3n(n2)CCC[C@H]3c2cc(F)c(F)c(F)c2)ccc1-n1cnc(C)c1. The number of rotatable bonds is 10. The molecule has 4 aromatic heterocycles. The van der Waals surface area contributed by atoms with Crippen molar-refractivity contribution in [1.82, 2.24) is 48.6 Å². The lowest BCUT2D eigenvalue weighted by Crippen LogP contribution is -2.18. The van der Waals surface area contributed by atoms with Gasteiger partial charge in [-0.25, -0.2) is 55.6 Å². The predicted octanol–water partition coefficient (Wildman–Crippen LogP) is 10.6. The predicted molar refractivity (Wildman–Crippen MR) is 242 cm³/mol. The molecule has 68 heavy (non-hydrogen) atoms. The zero-order chi connectivity index (χ0) is 47.6. The number of benzene rings is 4. The van der Waals surface area contributed by atoms with Gasteiger partial charge in [0.2, 0.25) is 0 Å². The molecule has 0 spiro atoms. The van der Waals surface area contributed by atoms with E-state index >= 15 is 0 Å². The van der Waals surface area contributed by atoms with Gasteiger partial charge in [-0.1, -0.05) is 24.3 Å². The summed E-state index contributed by atoms with van der Waals surface area (Å²) in [5, 5.41) is 9.06.